The van der Waals surface area contributed by atoms with Crippen molar-refractivity contribution in [2.24, 2.45) is 0 Å². The fourth-order valence-corrected chi connectivity index (χ4v) is 2.11. The number of nitrogens with one attached hydrogen (secondary N) is 1. The Morgan fingerprint density at radius 2 is 1.20 bits per heavy atom. The van der Waals surface area contributed by atoms with E-state index in [-0.39, 0.29) is 0 Å². The van der Waals surface area contributed by atoms with Crippen LogP contribution in [0.5, 0.6) is 0 Å². The van der Waals surface area contributed by atoms with Gasteiger partial charge in [0.2, 0.25) is 0 Å². The van der Waals surface area contributed by atoms with E-state index < -0.39 is 10.1 Å². The molecule has 1 aliphatic carbocycles. The van der Waals surface area contributed by atoms with E-state index in [1.807, 2.05) is 36.4 Å². The summed E-state index contributed by atoms with van der Waals surface area (Å²) in [6.07, 6.45) is 0.715. The van der Waals surface area contributed by atoms with E-state index in [9.17, 15) is 8.42 Å². The van der Waals surface area contributed by atoms with Gasteiger partial charge in [0.05, 0.1) is 27.7 Å². The van der Waals surface area contributed by atoms with Gasteiger partial charge in [-0.25, -0.2) is 0 Å². The van der Waals surface area contributed by atoms with Gasteiger partial charge in [-0.05, 0) is 23.3 Å². The fourth-order valence-electron chi connectivity index (χ4n) is 2.11. The van der Waals surface area contributed by atoms with E-state index in [0.717, 1.165) is 16.8 Å². The standard InChI is InChI=1S/C13H9N2.CH4O3S/c14-15-13-11-7-3-1-5-9(11)10-6-2-4-8-12(10)13;1-5(2,3)4/h1-8,14H;1H3,(H,2,3,4)/q+1;. The second-order valence-electron chi connectivity index (χ2n) is 4.28. The van der Waals surface area contributed by atoms with Crippen molar-refractivity contribution < 1.29 is 17.8 Å². The fraction of sp³-hybridized carbons (Fsp3) is 0.0714. The molecule has 0 atom stereocenters. The van der Waals surface area contributed by atoms with Crippen LogP contribution in [0.15, 0.2) is 48.5 Å². The van der Waals surface area contributed by atoms with Crippen molar-refractivity contribution in [2.75, 3.05) is 6.26 Å². The average molecular weight is 289 g/mol. The molecule has 0 fully saturated rings. The number of hydrogen-bond donors (Lipinski definition) is 2. The van der Waals surface area contributed by atoms with E-state index in [1.54, 1.807) is 0 Å². The first-order valence-electron chi connectivity index (χ1n) is 5.78. The molecule has 0 amide bonds. The Labute approximate surface area is 116 Å². The SMILES string of the molecule is CS(=O)(=O)O.N=[N+]=C1c2ccccc2-c2ccccc21. The van der Waals surface area contributed by atoms with E-state index in [1.165, 1.54) is 11.1 Å². The first-order valence-corrected chi connectivity index (χ1v) is 7.62. The highest BCUT2D eigenvalue weighted by Gasteiger charge is 2.31. The molecule has 0 spiro atoms. The Morgan fingerprint density at radius 3 is 1.50 bits per heavy atom. The van der Waals surface area contributed by atoms with Gasteiger partial charge < -0.3 is 0 Å². The van der Waals surface area contributed by atoms with Gasteiger partial charge in [0.25, 0.3) is 10.1 Å². The molecule has 0 radical (unpaired) electrons. The van der Waals surface area contributed by atoms with Crippen molar-refractivity contribution in [1.82, 2.24) is 0 Å². The Balaban J connectivity index is 0.000000257. The van der Waals surface area contributed by atoms with Crippen molar-refractivity contribution in [2.45, 2.75) is 0 Å². The molecule has 2 N–H and O–H groups in total. The molecule has 0 bridgehead atoms. The highest BCUT2D eigenvalue weighted by atomic mass is 32.2. The number of hydrogen-bond acceptors (Lipinski definition) is 3. The summed E-state index contributed by atoms with van der Waals surface area (Å²) in [5.74, 6) is 0. The summed E-state index contributed by atoms with van der Waals surface area (Å²) < 4.78 is 25.9. The topological polar surface area (TPSA) is 92.3 Å². The molecule has 1 aliphatic rings. The molecule has 2 aromatic carbocycles. The molecule has 0 saturated heterocycles. The van der Waals surface area contributed by atoms with E-state index in [0.29, 0.717) is 6.26 Å². The van der Waals surface area contributed by atoms with Gasteiger partial charge in [-0.15, -0.1) is 0 Å². The third kappa shape index (κ3) is 3.00. The molecule has 0 saturated carbocycles. The maximum Gasteiger partial charge on any atom is 0.380 e. The van der Waals surface area contributed by atoms with Crippen LogP contribution in [0.4, 0.5) is 0 Å². The predicted octanol–water partition coefficient (Wildman–Crippen LogP) is 2.25. The number of benzene rings is 2. The van der Waals surface area contributed by atoms with Gasteiger partial charge >= 0.3 is 5.71 Å². The van der Waals surface area contributed by atoms with Gasteiger partial charge in [-0.3, -0.25) is 4.55 Å². The predicted molar refractivity (Wildman–Crippen MR) is 75.5 cm³/mol. The lowest BCUT2D eigenvalue weighted by Gasteiger charge is -1.95. The zero-order valence-corrected chi connectivity index (χ0v) is 11.6. The Morgan fingerprint density at radius 1 is 0.900 bits per heavy atom. The Kier molecular flexibility index (Phi) is 3.81. The highest BCUT2D eigenvalue weighted by Crippen LogP contribution is 2.35. The molecule has 0 aromatic heterocycles. The maximum atomic E-state index is 9.19. The molecule has 6 heteroatoms. The molecule has 5 nitrogen and oxygen atoms in total. The van der Waals surface area contributed by atoms with Crippen molar-refractivity contribution >= 4 is 15.8 Å². The lowest BCUT2D eigenvalue weighted by atomic mass is 10.1. The highest BCUT2D eigenvalue weighted by molar-refractivity contribution is 7.85. The maximum absolute atomic E-state index is 9.19. The second-order valence-corrected chi connectivity index (χ2v) is 5.75. The van der Waals surface area contributed by atoms with Crippen LogP contribution < -0.4 is 0 Å². The summed E-state index contributed by atoms with van der Waals surface area (Å²) >= 11 is 0. The summed E-state index contributed by atoms with van der Waals surface area (Å²) in [6, 6.07) is 16.2. The van der Waals surface area contributed by atoms with Gasteiger partial charge in [-0.1, -0.05) is 36.4 Å². The zero-order valence-electron chi connectivity index (χ0n) is 10.7. The van der Waals surface area contributed by atoms with Crippen LogP contribution in [-0.2, 0) is 10.1 Å². The minimum atomic E-state index is -3.67. The monoisotopic (exact) mass is 289 g/mol. The molecule has 0 aliphatic heterocycles. The van der Waals surface area contributed by atoms with Crippen LogP contribution >= 0.6 is 0 Å². The van der Waals surface area contributed by atoms with Crippen LogP contribution in [0.3, 0.4) is 0 Å². The molecule has 0 heterocycles. The van der Waals surface area contributed by atoms with Gasteiger partial charge in [0, 0.05) is 0 Å². The second kappa shape index (κ2) is 5.38. The van der Waals surface area contributed by atoms with Crippen LogP contribution in [0, 0.1) is 5.53 Å². The molecule has 20 heavy (non-hydrogen) atoms. The summed E-state index contributed by atoms with van der Waals surface area (Å²) in [5.41, 5.74) is 12.5. The largest absolute Gasteiger partial charge is 0.380 e. The molecular formula is C14H13N2O3S+. The normalized spacial score (nSPS) is 11.8. The Hall–Kier alpha value is -2.27. The third-order valence-corrected chi connectivity index (χ3v) is 2.77. The first kappa shape index (κ1) is 14.1. The summed E-state index contributed by atoms with van der Waals surface area (Å²) in [4.78, 5) is 3.64. The van der Waals surface area contributed by atoms with Crippen molar-refractivity contribution in [3.63, 3.8) is 0 Å². The molecule has 102 valence electrons. The quantitative estimate of drug-likeness (QED) is 0.377. The molecule has 0 unspecified atom stereocenters. The number of fused-ring (bicyclic) bond motifs is 3. The lowest BCUT2D eigenvalue weighted by molar-refractivity contribution is -0.117. The number of nitrogens with zero attached hydrogens (tertiary/aromatic N) is 1. The van der Waals surface area contributed by atoms with Crippen LogP contribution in [0.25, 0.3) is 11.1 Å². The number of rotatable bonds is 0. The van der Waals surface area contributed by atoms with E-state index in [4.69, 9.17) is 10.1 Å². The van der Waals surface area contributed by atoms with Crippen molar-refractivity contribution in [3.05, 3.63) is 59.7 Å². The summed E-state index contributed by atoms with van der Waals surface area (Å²) in [7, 11) is -3.67. The van der Waals surface area contributed by atoms with E-state index in [2.05, 4.69) is 16.9 Å². The summed E-state index contributed by atoms with van der Waals surface area (Å²) in [5, 5.41) is 0. The van der Waals surface area contributed by atoms with Crippen LogP contribution in [-0.4, -0.2) is 29.7 Å². The molecule has 3 rings (SSSR count). The van der Waals surface area contributed by atoms with Gasteiger partial charge in [0.1, 0.15) is 0 Å². The minimum absolute atomic E-state index is 0.715. The smallest absolute Gasteiger partial charge is 0.286 e. The van der Waals surface area contributed by atoms with Gasteiger partial charge in [0.15, 0.2) is 0 Å². The summed E-state index contributed by atoms with van der Waals surface area (Å²) in [6.45, 7) is 0. The Bertz CT molecular complexity index is 751. The van der Waals surface area contributed by atoms with Crippen molar-refractivity contribution in [3.8, 4) is 11.1 Å². The van der Waals surface area contributed by atoms with Crippen molar-refractivity contribution in [1.29, 1.82) is 5.53 Å². The molecular weight excluding hydrogens is 276 g/mol. The zero-order chi connectivity index (χ0) is 14.8. The van der Waals surface area contributed by atoms with Crippen LogP contribution in [0.2, 0.25) is 0 Å². The average Bonchev–Trinajstić information content (AvgIpc) is 2.71. The van der Waals surface area contributed by atoms with Gasteiger partial charge in [-0.2, -0.15) is 8.42 Å². The third-order valence-electron chi connectivity index (χ3n) is 2.77. The lowest BCUT2D eigenvalue weighted by Crippen LogP contribution is -1.98. The van der Waals surface area contributed by atoms with Crippen LogP contribution in [0.1, 0.15) is 11.1 Å². The van der Waals surface area contributed by atoms with E-state index >= 15 is 0 Å². The minimum Gasteiger partial charge on any atom is -0.286 e. The first-order chi connectivity index (χ1) is 9.42. The molecule has 2 aromatic rings.